The zero-order valence-corrected chi connectivity index (χ0v) is 19.5. The van der Waals surface area contributed by atoms with E-state index in [1.165, 1.54) is 5.56 Å². The van der Waals surface area contributed by atoms with Crippen LogP contribution in [0.15, 0.2) is 36.4 Å². The minimum Gasteiger partial charge on any atom is -0.491 e. The molecule has 8 heteroatoms. The van der Waals surface area contributed by atoms with Crippen LogP contribution in [-0.2, 0) is 6.42 Å². The maximum atomic E-state index is 12.9. The molecular formula is C25H32N6O2. The zero-order chi connectivity index (χ0) is 23.2. The van der Waals surface area contributed by atoms with Gasteiger partial charge in [-0.2, -0.15) is 0 Å². The molecule has 1 aliphatic carbocycles. The number of aromatic nitrogens is 4. The van der Waals surface area contributed by atoms with Gasteiger partial charge in [0.05, 0.1) is 12.3 Å². The number of amides is 2. The Labute approximate surface area is 194 Å². The molecule has 2 amide bonds. The lowest BCUT2D eigenvalue weighted by Gasteiger charge is -2.19. The predicted molar refractivity (Wildman–Crippen MR) is 129 cm³/mol. The summed E-state index contributed by atoms with van der Waals surface area (Å²) < 4.78 is 6.15. The summed E-state index contributed by atoms with van der Waals surface area (Å²) in [6.45, 7) is 6.88. The molecule has 0 saturated heterocycles. The Hall–Kier alpha value is -3.42. The molecule has 33 heavy (non-hydrogen) atoms. The van der Waals surface area contributed by atoms with Crippen molar-refractivity contribution >= 4 is 17.4 Å². The highest BCUT2D eigenvalue weighted by Gasteiger charge is 2.42. The molecule has 2 atom stereocenters. The Morgan fingerprint density at radius 3 is 2.64 bits per heavy atom. The number of carbonyl (C=O) groups excluding carboxylic acids is 1. The molecule has 0 unspecified atom stereocenters. The summed E-state index contributed by atoms with van der Waals surface area (Å²) in [4.78, 5) is 12.9. The molecule has 1 aliphatic rings. The fourth-order valence-corrected chi connectivity index (χ4v) is 4.06. The summed E-state index contributed by atoms with van der Waals surface area (Å²) in [5.74, 6) is 2.18. The number of rotatable bonds is 10. The van der Waals surface area contributed by atoms with Crippen LogP contribution in [0.4, 0.5) is 16.2 Å². The van der Waals surface area contributed by atoms with E-state index in [9.17, 15) is 4.79 Å². The van der Waals surface area contributed by atoms with E-state index in [1.54, 1.807) is 0 Å². The van der Waals surface area contributed by atoms with Gasteiger partial charge in [-0.15, -0.1) is 5.10 Å². The van der Waals surface area contributed by atoms with Gasteiger partial charge in [-0.05, 0) is 78.3 Å². The number of aromatic amines is 1. The molecule has 0 spiro atoms. The number of aryl methyl sites for hydroxylation is 2. The van der Waals surface area contributed by atoms with Gasteiger partial charge in [-0.25, -0.2) is 9.89 Å². The number of H-pyrrole nitrogens is 1. The van der Waals surface area contributed by atoms with Crippen LogP contribution in [0.2, 0.25) is 0 Å². The summed E-state index contributed by atoms with van der Waals surface area (Å²) in [5, 5.41) is 20.4. The minimum atomic E-state index is -0.287. The number of unbranched alkanes of at least 4 members (excludes halogenated alkanes) is 1. The van der Waals surface area contributed by atoms with Crippen LogP contribution in [0.1, 0.15) is 73.9 Å². The fraction of sp³-hybridized carbons (Fsp3) is 0.440. The summed E-state index contributed by atoms with van der Waals surface area (Å²) >= 11 is 0. The molecule has 1 fully saturated rings. The van der Waals surface area contributed by atoms with Crippen LogP contribution in [-0.4, -0.2) is 33.3 Å². The first-order valence-corrected chi connectivity index (χ1v) is 11.8. The standard InChI is InChI=1S/C25H32N6O2/c1-4-6-7-17-13-18(20-15-21(20)24-28-30-31-29-24)14-22(23(17)33-12-5-2)27-25(32)26-19-10-8-16(3)9-11-19/h8-11,13-14,20-21H,4-7,12,15H2,1-3H3,(H2,26,27,32)(H,28,29,30,31)/t20-,21+/m0/s1. The number of carbonyl (C=O) groups is 1. The summed E-state index contributed by atoms with van der Waals surface area (Å²) in [6, 6.07) is 11.7. The topological polar surface area (TPSA) is 105 Å². The first kappa shape index (κ1) is 22.8. The molecule has 1 aromatic heterocycles. The SMILES string of the molecule is CCCCc1cc([C@@H]2C[C@H]2c2nnn[nH]2)cc(NC(=O)Nc2ccc(C)cc2)c1OCCC. The second-order valence-electron chi connectivity index (χ2n) is 8.69. The summed E-state index contributed by atoms with van der Waals surface area (Å²) in [5.41, 5.74) is 4.91. The molecule has 1 saturated carbocycles. The van der Waals surface area contributed by atoms with Crippen molar-refractivity contribution in [3.8, 4) is 5.75 Å². The number of tetrazole rings is 1. The molecular weight excluding hydrogens is 416 g/mol. The van der Waals surface area contributed by atoms with Gasteiger partial charge < -0.3 is 15.4 Å². The number of nitrogens with zero attached hydrogens (tertiary/aromatic N) is 3. The first-order chi connectivity index (χ1) is 16.1. The lowest BCUT2D eigenvalue weighted by molar-refractivity contribution is 0.261. The van der Waals surface area contributed by atoms with Crippen molar-refractivity contribution in [2.75, 3.05) is 17.2 Å². The lowest BCUT2D eigenvalue weighted by atomic mass is 9.99. The zero-order valence-electron chi connectivity index (χ0n) is 19.5. The number of benzene rings is 2. The monoisotopic (exact) mass is 448 g/mol. The van der Waals surface area contributed by atoms with E-state index in [4.69, 9.17) is 4.74 Å². The molecule has 4 rings (SSSR count). The van der Waals surface area contributed by atoms with Crippen LogP contribution < -0.4 is 15.4 Å². The third kappa shape index (κ3) is 5.69. The highest BCUT2D eigenvalue weighted by molar-refractivity contribution is 6.01. The molecule has 3 aromatic rings. The largest absolute Gasteiger partial charge is 0.491 e. The molecule has 8 nitrogen and oxygen atoms in total. The third-order valence-electron chi connectivity index (χ3n) is 5.93. The molecule has 0 aliphatic heterocycles. The molecule has 0 radical (unpaired) electrons. The first-order valence-electron chi connectivity index (χ1n) is 11.8. The smallest absolute Gasteiger partial charge is 0.323 e. The van der Waals surface area contributed by atoms with Crippen LogP contribution in [0, 0.1) is 6.92 Å². The fourth-order valence-electron chi connectivity index (χ4n) is 4.06. The van der Waals surface area contributed by atoms with Gasteiger partial charge in [0.15, 0.2) is 5.82 Å². The van der Waals surface area contributed by atoms with Gasteiger partial charge >= 0.3 is 6.03 Å². The van der Waals surface area contributed by atoms with E-state index in [0.29, 0.717) is 18.2 Å². The lowest BCUT2D eigenvalue weighted by Crippen LogP contribution is -2.20. The maximum Gasteiger partial charge on any atom is 0.323 e. The van der Waals surface area contributed by atoms with Gasteiger partial charge in [-0.3, -0.25) is 0 Å². The number of anilines is 2. The Bertz CT molecular complexity index is 1070. The van der Waals surface area contributed by atoms with Gasteiger partial charge in [0.1, 0.15) is 5.75 Å². The van der Waals surface area contributed by atoms with E-state index in [1.807, 2.05) is 37.3 Å². The molecule has 1 heterocycles. The Morgan fingerprint density at radius 1 is 1.12 bits per heavy atom. The van der Waals surface area contributed by atoms with Crippen molar-refractivity contribution in [1.82, 2.24) is 20.6 Å². The molecule has 0 bridgehead atoms. The minimum absolute atomic E-state index is 0.274. The summed E-state index contributed by atoms with van der Waals surface area (Å²) in [7, 11) is 0. The Morgan fingerprint density at radius 2 is 1.94 bits per heavy atom. The molecule has 174 valence electrons. The normalized spacial score (nSPS) is 16.9. The Balaban J connectivity index is 1.61. The van der Waals surface area contributed by atoms with Crippen LogP contribution >= 0.6 is 0 Å². The van der Waals surface area contributed by atoms with Crippen LogP contribution in [0.25, 0.3) is 0 Å². The molecule has 3 N–H and O–H groups in total. The van der Waals surface area contributed by atoms with Crippen LogP contribution in [0.3, 0.4) is 0 Å². The number of hydrogen-bond donors (Lipinski definition) is 3. The third-order valence-corrected chi connectivity index (χ3v) is 5.93. The quantitative estimate of drug-likeness (QED) is 0.377. The average Bonchev–Trinajstić information content (AvgIpc) is 3.42. The number of urea groups is 1. The van der Waals surface area contributed by atoms with Crippen molar-refractivity contribution in [3.63, 3.8) is 0 Å². The van der Waals surface area contributed by atoms with E-state index in [2.05, 4.69) is 51.2 Å². The number of nitrogens with one attached hydrogen (secondary N) is 3. The van der Waals surface area contributed by atoms with E-state index in [-0.39, 0.29) is 11.9 Å². The maximum absolute atomic E-state index is 12.9. The van der Waals surface area contributed by atoms with E-state index < -0.39 is 0 Å². The van der Waals surface area contributed by atoms with Gasteiger partial charge in [-0.1, -0.05) is 44.0 Å². The number of hydrogen-bond acceptors (Lipinski definition) is 5. The van der Waals surface area contributed by atoms with Crippen molar-refractivity contribution in [3.05, 3.63) is 58.9 Å². The number of ether oxygens (including phenoxy) is 1. The van der Waals surface area contributed by atoms with Crippen LogP contribution in [0.5, 0.6) is 5.75 Å². The van der Waals surface area contributed by atoms with Gasteiger partial charge in [0, 0.05) is 11.6 Å². The summed E-state index contributed by atoms with van der Waals surface area (Å²) in [6.07, 6.45) is 4.92. The van der Waals surface area contributed by atoms with Gasteiger partial charge in [0.2, 0.25) is 0 Å². The van der Waals surface area contributed by atoms with E-state index in [0.717, 1.165) is 60.5 Å². The molecule has 2 aromatic carbocycles. The van der Waals surface area contributed by atoms with Crippen molar-refractivity contribution < 1.29 is 9.53 Å². The highest BCUT2D eigenvalue weighted by atomic mass is 16.5. The predicted octanol–water partition coefficient (Wildman–Crippen LogP) is 5.55. The van der Waals surface area contributed by atoms with Crippen molar-refractivity contribution in [2.45, 2.75) is 64.7 Å². The second-order valence-corrected chi connectivity index (χ2v) is 8.69. The average molecular weight is 449 g/mol. The second kappa shape index (κ2) is 10.5. The van der Waals surface area contributed by atoms with Crippen molar-refractivity contribution in [2.24, 2.45) is 0 Å². The Kier molecular flexibility index (Phi) is 7.22. The van der Waals surface area contributed by atoms with E-state index >= 15 is 0 Å². The highest BCUT2D eigenvalue weighted by Crippen LogP contribution is 2.54. The van der Waals surface area contributed by atoms with Crippen molar-refractivity contribution in [1.29, 1.82) is 0 Å². The van der Waals surface area contributed by atoms with Gasteiger partial charge in [0.25, 0.3) is 0 Å².